The zero-order chi connectivity index (χ0) is 13.7. The molecule has 2 aromatic heterocycles. The maximum Gasteiger partial charge on any atom is 0.343 e. The van der Waals surface area contributed by atoms with Gasteiger partial charge in [-0.15, -0.1) is 0 Å². The lowest BCUT2D eigenvalue weighted by Gasteiger charge is -2.06. The highest BCUT2D eigenvalue weighted by molar-refractivity contribution is 7.10. The SMILES string of the molecule is CCOC(=O)c1c(C)nsc1NCc1ccccn1. The van der Waals surface area contributed by atoms with Crippen LogP contribution in [0.15, 0.2) is 24.4 Å². The smallest absolute Gasteiger partial charge is 0.343 e. The van der Waals surface area contributed by atoms with Crippen LogP contribution in [-0.2, 0) is 11.3 Å². The van der Waals surface area contributed by atoms with E-state index in [0.717, 1.165) is 10.7 Å². The van der Waals surface area contributed by atoms with Crippen LogP contribution in [0.25, 0.3) is 0 Å². The molecule has 0 aliphatic heterocycles. The van der Waals surface area contributed by atoms with Crippen molar-refractivity contribution in [3.05, 3.63) is 41.3 Å². The minimum atomic E-state index is -0.336. The number of carbonyl (C=O) groups is 1. The second-order valence-corrected chi connectivity index (χ2v) is 4.64. The van der Waals surface area contributed by atoms with Crippen molar-refractivity contribution in [3.8, 4) is 0 Å². The molecule has 0 amide bonds. The van der Waals surface area contributed by atoms with E-state index in [1.165, 1.54) is 11.5 Å². The Bertz CT molecular complexity index is 554. The number of pyridine rings is 1. The average molecular weight is 277 g/mol. The molecule has 6 heteroatoms. The molecule has 0 unspecified atom stereocenters. The van der Waals surface area contributed by atoms with Crippen molar-refractivity contribution >= 4 is 22.5 Å². The predicted octanol–water partition coefficient (Wildman–Crippen LogP) is 2.64. The van der Waals surface area contributed by atoms with Crippen molar-refractivity contribution < 1.29 is 9.53 Å². The van der Waals surface area contributed by atoms with E-state index >= 15 is 0 Å². The fourth-order valence-electron chi connectivity index (χ4n) is 1.61. The summed E-state index contributed by atoms with van der Waals surface area (Å²) >= 11 is 1.26. The topological polar surface area (TPSA) is 64.1 Å². The van der Waals surface area contributed by atoms with Gasteiger partial charge in [0.05, 0.1) is 24.5 Å². The second-order valence-electron chi connectivity index (χ2n) is 3.87. The summed E-state index contributed by atoms with van der Waals surface area (Å²) in [4.78, 5) is 16.1. The number of aryl methyl sites for hydroxylation is 1. The minimum Gasteiger partial charge on any atom is -0.462 e. The van der Waals surface area contributed by atoms with E-state index in [4.69, 9.17) is 4.74 Å². The summed E-state index contributed by atoms with van der Waals surface area (Å²) in [6.07, 6.45) is 1.74. The lowest BCUT2D eigenvalue weighted by Crippen LogP contribution is -2.09. The standard InChI is InChI=1S/C13H15N3O2S/c1-3-18-13(17)11-9(2)16-19-12(11)15-8-10-6-4-5-7-14-10/h4-7,15H,3,8H2,1-2H3. The quantitative estimate of drug-likeness (QED) is 0.851. The predicted molar refractivity (Wildman–Crippen MR) is 74.4 cm³/mol. The summed E-state index contributed by atoms with van der Waals surface area (Å²) in [5.74, 6) is -0.336. The highest BCUT2D eigenvalue weighted by atomic mass is 32.1. The van der Waals surface area contributed by atoms with Gasteiger partial charge < -0.3 is 10.1 Å². The first kappa shape index (κ1) is 13.5. The minimum absolute atomic E-state index is 0.336. The summed E-state index contributed by atoms with van der Waals surface area (Å²) < 4.78 is 9.22. The van der Waals surface area contributed by atoms with E-state index in [-0.39, 0.29) is 5.97 Å². The number of carbonyl (C=O) groups excluding carboxylic acids is 1. The van der Waals surface area contributed by atoms with E-state index < -0.39 is 0 Å². The summed E-state index contributed by atoms with van der Waals surface area (Å²) in [6, 6.07) is 5.71. The highest BCUT2D eigenvalue weighted by Gasteiger charge is 2.19. The van der Waals surface area contributed by atoms with E-state index in [1.54, 1.807) is 20.0 Å². The first-order valence-corrected chi connectivity index (χ1v) is 6.77. The molecule has 0 bridgehead atoms. The number of esters is 1. The van der Waals surface area contributed by atoms with Gasteiger partial charge >= 0.3 is 5.97 Å². The van der Waals surface area contributed by atoms with Gasteiger partial charge in [0.25, 0.3) is 0 Å². The normalized spacial score (nSPS) is 10.2. The Morgan fingerprint density at radius 2 is 2.32 bits per heavy atom. The summed E-state index contributed by atoms with van der Waals surface area (Å²) in [7, 11) is 0. The van der Waals surface area contributed by atoms with Crippen LogP contribution < -0.4 is 5.32 Å². The van der Waals surface area contributed by atoms with Crippen LogP contribution in [0, 0.1) is 6.92 Å². The third-order valence-electron chi connectivity index (χ3n) is 2.50. The molecule has 0 spiro atoms. The van der Waals surface area contributed by atoms with Crippen LogP contribution in [0.2, 0.25) is 0 Å². The zero-order valence-electron chi connectivity index (χ0n) is 10.8. The van der Waals surface area contributed by atoms with Crippen molar-refractivity contribution in [2.45, 2.75) is 20.4 Å². The molecular weight excluding hydrogens is 262 g/mol. The van der Waals surface area contributed by atoms with Crippen LogP contribution in [0.3, 0.4) is 0 Å². The molecule has 19 heavy (non-hydrogen) atoms. The van der Waals surface area contributed by atoms with Gasteiger partial charge in [0, 0.05) is 6.20 Å². The van der Waals surface area contributed by atoms with Gasteiger partial charge in [-0.3, -0.25) is 4.98 Å². The van der Waals surface area contributed by atoms with Gasteiger partial charge in [0.2, 0.25) is 0 Å². The Morgan fingerprint density at radius 1 is 1.47 bits per heavy atom. The summed E-state index contributed by atoms with van der Waals surface area (Å²) in [5.41, 5.74) is 2.11. The number of hydrogen-bond donors (Lipinski definition) is 1. The molecule has 2 rings (SSSR count). The third-order valence-corrected chi connectivity index (χ3v) is 3.39. The average Bonchev–Trinajstić information content (AvgIpc) is 2.79. The van der Waals surface area contributed by atoms with Gasteiger partial charge in [0.1, 0.15) is 10.6 Å². The van der Waals surface area contributed by atoms with Crippen molar-refractivity contribution in [1.82, 2.24) is 9.36 Å². The molecule has 0 aliphatic carbocycles. The fourth-order valence-corrected chi connectivity index (χ4v) is 2.39. The number of nitrogens with zero attached hydrogens (tertiary/aromatic N) is 2. The molecule has 0 radical (unpaired) electrons. The van der Waals surface area contributed by atoms with Gasteiger partial charge in [0.15, 0.2) is 0 Å². The van der Waals surface area contributed by atoms with E-state index in [0.29, 0.717) is 24.4 Å². The molecular formula is C13H15N3O2S. The number of anilines is 1. The number of aromatic nitrogens is 2. The van der Waals surface area contributed by atoms with Crippen LogP contribution in [-0.4, -0.2) is 21.9 Å². The van der Waals surface area contributed by atoms with Crippen molar-refractivity contribution in [3.63, 3.8) is 0 Å². The first-order valence-electron chi connectivity index (χ1n) is 5.99. The van der Waals surface area contributed by atoms with Crippen molar-refractivity contribution in [2.24, 2.45) is 0 Å². The number of rotatable bonds is 5. The maximum absolute atomic E-state index is 11.8. The molecule has 100 valence electrons. The Balaban J connectivity index is 2.11. The maximum atomic E-state index is 11.8. The molecule has 0 saturated carbocycles. The fraction of sp³-hybridized carbons (Fsp3) is 0.308. The lowest BCUT2D eigenvalue weighted by molar-refractivity contribution is 0.0527. The molecule has 5 nitrogen and oxygen atoms in total. The molecule has 0 aromatic carbocycles. The molecule has 0 atom stereocenters. The summed E-state index contributed by atoms with van der Waals surface area (Å²) in [5, 5.41) is 3.91. The van der Waals surface area contributed by atoms with Crippen LogP contribution in [0.4, 0.5) is 5.00 Å². The van der Waals surface area contributed by atoms with Crippen LogP contribution in [0.5, 0.6) is 0 Å². The van der Waals surface area contributed by atoms with Crippen LogP contribution in [0.1, 0.15) is 28.7 Å². The number of ether oxygens (including phenoxy) is 1. The van der Waals surface area contributed by atoms with Gasteiger partial charge in [-0.2, -0.15) is 4.37 Å². The second kappa shape index (κ2) is 6.29. The Labute approximate surface area is 115 Å². The highest BCUT2D eigenvalue weighted by Crippen LogP contribution is 2.25. The molecule has 0 saturated heterocycles. The Kier molecular flexibility index (Phi) is 4.46. The van der Waals surface area contributed by atoms with Gasteiger partial charge in [-0.25, -0.2) is 4.79 Å². The first-order chi connectivity index (χ1) is 9.22. The lowest BCUT2D eigenvalue weighted by atomic mass is 10.2. The molecule has 0 fully saturated rings. The van der Waals surface area contributed by atoms with E-state index in [1.807, 2.05) is 18.2 Å². The monoisotopic (exact) mass is 277 g/mol. The van der Waals surface area contributed by atoms with Crippen molar-refractivity contribution in [2.75, 3.05) is 11.9 Å². The Morgan fingerprint density at radius 3 is 3.00 bits per heavy atom. The largest absolute Gasteiger partial charge is 0.462 e. The van der Waals surface area contributed by atoms with E-state index in [9.17, 15) is 4.79 Å². The third kappa shape index (κ3) is 3.29. The van der Waals surface area contributed by atoms with Crippen molar-refractivity contribution in [1.29, 1.82) is 0 Å². The molecule has 2 heterocycles. The molecule has 0 aliphatic rings. The van der Waals surface area contributed by atoms with E-state index in [2.05, 4.69) is 14.7 Å². The Hall–Kier alpha value is -1.95. The number of nitrogens with one attached hydrogen (secondary N) is 1. The van der Waals surface area contributed by atoms with Gasteiger partial charge in [-0.05, 0) is 37.5 Å². The summed E-state index contributed by atoms with van der Waals surface area (Å²) in [6.45, 7) is 4.49. The zero-order valence-corrected chi connectivity index (χ0v) is 11.7. The van der Waals surface area contributed by atoms with Crippen LogP contribution >= 0.6 is 11.5 Å². The molecule has 2 aromatic rings. The molecule has 1 N–H and O–H groups in total. The number of hydrogen-bond acceptors (Lipinski definition) is 6. The van der Waals surface area contributed by atoms with Gasteiger partial charge in [-0.1, -0.05) is 6.07 Å².